The first kappa shape index (κ1) is 13.7. The number of hydrogen-bond donors (Lipinski definition) is 2. The summed E-state index contributed by atoms with van der Waals surface area (Å²) in [4.78, 5) is 22.4. The van der Waals surface area contributed by atoms with Gasteiger partial charge in [0.2, 0.25) is 5.91 Å². The molecule has 1 aromatic carbocycles. The molecule has 20 heavy (non-hydrogen) atoms. The molecule has 2 rings (SSSR count). The SMILES string of the molecule is Cc1cc(NC(=O)C(C)C(=O)O)ccc1-n1cnnn1. The van der Waals surface area contributed by atoms with Crippen LogP contribution in [0.5, 0.6) is 0 Å². The number of carbonyl (C=O) groups excluding carboxylic acids is 1. The van der Waals surface area contributed by atoms with Crippen molar-refractivity contribution < 1.29 is 14.7 Å². The topological polar surface area (TPSA) is 110 Å². The molecule has 2 N–H and O–H groups in total. The van der Waals surface area contributed by atoms with Crippen molar-refractivity contribution in [3.63, 3.8) is 0 Å². The number of tetrazole rings is 1. The van der Waals surface area contributed by atoms with Crippen LogP contribution in [0.3, 0.4) is 0 Å². The second-order valence-corrected chi connectivity index (χ2v) is 4.30. The van der Waals surface area contributed by atoms with Crippen molar-refractivity contribution in [1.82, 2.24) is 20.2 Å². The number of rotatable bonds is 4. The van der Waals surface area contributed by atoms with Crippen LogP contribution in [0.15, 0.2) is 24.5 Å². The molecular weight excluding hydrogens is 262 g/mol. The molecule has 8 heteroatoms. The molecule has 2 aromatic rings. The van der Waals surface area contributed by atoms with Crippen LogP contribution in [0.4, 0.5) is 5.69 Å². The van der Waals surface area contributed by atoms with E-state index in [-0.39, 0.29) is 0 Å². The minimum Gasteiger partial charge on any atom is -0.481 e. The maximum Gasteiger partial charge on any atom is 0.315 e. The summed E-state index contributed by atoms with van der Waals surface area (Å²) in [6, 6.07) is 5.13. The lowest BCUT2D eigenvalue weighted by Gasteiger charge is -2.11. The van der Waals surface area contributed by atoms with Gasteiger partial charge in [0, 0.05) is 5.69 Å². The standard InChI is InChI=1S/C12H13N5O3/c1-7-5-9(14-11(18)8(2)12(19)20)3-4-10(7)17-6-13-15-16-17/h3-6,8H,1-2H3,(H,14,18)(H,19,20). The number of carboxylic acids is 1. The van der Waals surface area contributed by atoms with Gasteiger partial charge in [0.1, 0.15) is 12.2 Å². The minimum atomic E-state index is -1.16. The molecule has 0 bridgehead atoms. The van der Waals surface area contributed by atoms with Crippen LogP contribution in [-0.4, -0.2) is 37.2 Å². The van der Waals surface area contributed by atoms with Crippen LogP contribution in [0, 0.1) is 12.8 Å². The summed E-state index contributed by atoms with van der Waals surface area (Å²) in [7, 11) is 0. The lowest BCUT2D eigenvalue weighted by atomic mass is 10.1. The molecule has 1 aromatic heterocycles. The van der Waals surface area contributed by atoms with E-state index in [1.165, 1.54) is 17.9 Å². The number of nitrogens with one attached hydrogen (secondary N) is 1. The van der Waals surface area contributed by atoms with Crippen molar-refractivity contribution in [2.45, 2.75) is 13.8 Å². The highest BCUT2D eigenvalue weighted by Gasteiger charge is 2.20. The van der Waals surface area contributed by atoms with Gasteiger partial charge < -0.3 is 10.4 Å². The summed E-state index contributed by atoms with van der Waals surface area (Å²) >= 11 is 0. The fourth-order valence-corrected chi connectivity index (χ4v) is 1.62. The van der Waals surface area contributed by atoms with Gasteiger partial charge in [-0.2, -0.15) is 0 Å². The van der Waals surface area contributed by atoms with Gasteiger partial charge in [0.15, 0.2) is 0 Å². The predicted octanol–water partition coefficient (Wildman–Crippen LogP) is 0.630. The summed E-state index contributed by atoms with van der Waals surface area (Å²) in [5.41, 5.74) is 2.15. The zero-order valence-electron chi connectivity index (χ0n) is 10.9. The Kier molecular flexibility index (Phi) is 3.74. The Hall–Kier alpha value is -2.77. The van der Waals surface area contributed by atoms with Gasteiger partial charge in [-0.1, -0.05) is 0 Å². The fraction of sp³-hybridized carbons (Fsp3) is 0.250. The molecule has 1 unspecified atom stereocenters. The molecule has 104 valence electrons. The molecule has 1 atom stereocenters. The predicted molar refractivity (Wildman–Crippen MR) is 69.3 cm³/mol. The molecule has 0 aliphatic heterocycles. The summed E-state index contributed by atoms with van der Waals surface area (Å²) < 4.78 is 1.50. The van der Waals surface area contributed by atoms with E-state index in [1.54, 1.807) is 18.2 Å². The van der Waals surface area contributed by atoms with Crippen LogP contribution >= 0.6 is 0 Å². The number of carbonyl (C=O) groups is 2. The summed E-state index contributed by atoms with van der Waals surface area (Å²) in [6.07, 6.45) is 1.47. The lowest BCUT2D eigenvalue weighted by Crippen LogP contribution is -2.26. The lowest BCUT2D eigenvalue weighted by molar-refractivity contribution is -0.144. The van der Waals surface area contributed by atoms with Gasteiger partial charge in [-0.25, -0.2) is 4.68 Å². The van der Waals surface area contributed by atoms with Crippen LogP contribution in [0.25, 0.3) is 5.69 Å². The van der Waals surface area contributed by atoms with E-state index in [2.05, 4.69) is 20.8 Å². The number of anilines is 1. The molecular formula is C12H13N5O3. The number of carboxylic acid groups (broad SMARTS) is 1. The Morgan fingerprint density at radius 1 is 1.40 bits per heavy atom. The van der Waals surface area contributed by atoms with Crippen LogP contribution in [-0.2, 0) is 9.59 Å². The monoisotopic (exact) mass is 275 g/mol. The summed E-state index contributed by atoms with van der Waals surface area (Å²) in [5.74, 6) is -2.83. The highest BCUT2D eigenvalue weighted by Crippen LogP contribution is 2.18. The second-order valence-electron chi connectivity index (χ2n) is 4.30. The van der Waals surface area contributed by atoms with Crippen molar-refractivity contribution in [3.8, 4) is 5.69 Å². The smallest absolute Gasteiger partial charge is 0.315 e. The highest BCUT2D eigenvalue weighted by atomic mass is 16.4. The quantitative estimate of drug-likeness (QED) is 0.792. The fourth-order valence-electron chi connectivity index (χ4n) is 1.62. The molecule has 8 nitrogen and oxygen atoms in total. The van der Waals surface area contributed by atoms with Gasteiger partial charge in [0.25, 0.3) is 0 Å². The van der Waals surface area contributed by atoms with Crippen LogP contribution in [0.2, 0.25) is 0 Å². The van der Waals surface area contributed by atoms with Gasteiger partial charge in [-0.3, -0.25) is 9.59 Å². The van der Waals surface area contributed by atoms with E-state index < -0.39 is 17.8 Å². The van der Waals surface area contributed by atoms with E-state index in [0.717, 1.165) is 11.3 Å². The maximum absolute atomic E-state index is 11.6. The molecule has 1 heterocycles. The molecule has 0 aliphatic carbocycles. The Balaban J connectivity index is 2.18. The molecule has 0 saturated carbocycles. The van der Waals surface area contributed by atoms with Crippen molar-refractivity contribution in [2.24, 2.45) is 5.92 Å². The van der Waals surface area contributed by atoms with Gasteiger partial charge in [-0.05, 0) is 48.0 Å². The van der Waals surface area contributed by atoms with E-state index >= 15 is 0 Å². The molecule has 0 saturated heterocycles. The number of hydrogen-bond acceptors (Lipinski definition) is 5. The zero-order valence-corrected chi connectivity index (χ0v) is 10.9. The molecule has 0 spiro atoms. The Labute approximate surface area is 114 Å². The van der Waals surface area contributed by atoms with Crippen molar-refractivity contribution in [3.05, 3.63) is 30.1 Å². The first-order valence-electron chi connectivity index (χ1n) is 5.86. The Morgan fingerprint density at radius 2 is 2.15 bits per heavy atom. The maximum atomic E-state index is 11.6. The van der Waals surface area contributed by atoms with Crippen molar-refractivity contribution >= 4 is 17.6 Å². The largest absolute Gasteiger partial charge is 0.481 e. The third-order valence-electron chi connectivity index (χ3n) is 2.82. The van der Waals surface area contributed by atoms with E-state index in [0.29, 0.717) is 5.69 Å². The average Bonchev–Trinajstić information content (AvgIpc) is 2.91. The number of aromatic nitrogens is 4. The summed E-state index contributed by atoms with van der Waals surface area (Å²) in [6.45, 7) is 3.17. The van der Waals surface area contributed by atoms with E-state index in [1.807, 2.05) is 6.92 Å². The number of benzene rings is 1. The highest BCUT2D eigenvalue weighted by molar-refractivity contribution is 6.03. The number of amides is 1. The van der Waals surface area contributed by atoms with Gasteiger partial charge in [-0.15, -0.1) is 5.10 Å². The third kappa shape index (κ3) is 2.79. The van der Waals surface area contributed by atoms with Crippen molar-refractivity contribution in [2.75, 3.05) is 5.32 Å². The Morgan fingerprint density at radius 3 is 2.70 bits per heavy atom. The van der Waals surface area contributed by atoms with Gasteiger partial charge >= 0.3 is 5.97 Å². The normalized spacial score (nSPS) is 11.9. The van der Waals surface area contributed by atoms with E-state index in [9.17, 15) is 9.59 Å². The minimum absolute atomic E-state index is 0.525. The average molecular weight is 275 g/mol. The third-order valence-corrected chi connectivity index (χ3v) is 2.82. The Bertz CT molecular complexity index is 639. The number of nitrogens with zero attached hydrogens (tertiary/aromatic N) is 4. The zero-order chi connectivity index (χ0) is 14.7. The van der Waals surface area contributed by atoms with Gasteiger partial charge in [0.05, 0.1) is 5.69 Å². The first-order chi connectivity index (χ1) is 9.49. The molecule has 0 aliphatic rings. The summed E-state index contributed by atoms with van der Waals surface area (Å²) in [5, 5.41) is 22.2. The number of aliphatic carboxylic acids is 1. The first-order valence-corrected chi connectivity index (χ1v) is 5.86. The van der Waals surface area contributed by atoms with Crippen LogP contribution < -0.4 is 5.32 Å². The van der Waals surface area contributed by atoms with E-state index in [4.69, 9.17) is 5.11 Å². The number of aryl methyl sites for hydroxylation is 1. The van der Waals surface area contributed by atoms with Crippen molar-refractivity contribution in [1.29, 1.82) is 0 Å². The second kappa shape index (κ2) is 5.47. The molecule has 0 radical (unpaired) electrons. The molecule has 1 amide bonds. The van der Waals surface area contributed by atoms with Crippen LogP contribution in [0.1, 0.15) is 12.5 Å². The molecule has 0 fully saturated rings.